The van der Waals surface area contributed by atoms with E-state index in [1.165, 1.54) is 25.7 Å². The highest BCUT2D eigenvalue weighted by Gasteiger charge is 2.31. The van der Waals surface area contributed by atoms with Crippen molar-refractivity contribution in [1.29, 1.82) is 0 Å². The highest BCUT2D eigenvalue weighted by Crippen LogP contribution is 2.33. The standard InChI is InChI=1S/C16H31BrN2O2/c1-4-7-16(13-17,8-5-2)14-18-9-11-19(12-10-18)15(20)21-6-3/h4-14H2,1-3H3. The molecule has 0 radical (unpaired) electrons. The molecule has 1 amide bonds. The first-order chi connectivity index (χ1) is 10.1. The van der Waals surface area contributed by atoms with Crippen molar-refractivity contribution >= 4 is 22.0 Å². The van der Waals surface area contributed by atoms with Gasteiger partial charge in [0.25, 0.3) is 0 Å². The van der Waals surface area contributed by atoms with Crippen LogP contribution in [0, 0.1) is 5.41 Å². The van der Waals surface area contributed by atoms with E-state index < -0.39 is 0 Å². The van der Waals surface area contributed by atoms with E-state index in [9.17, 15) is 4.79 Å². The first-order valence-corrected chi connectivity index (χ1v) is 9.43. The number of alkyl halides is 1. The van der Waals surface area contributed by atoms with Crippen LogP contribution in [-0.2, 0) is 4.74 Å². The van der Waals surface area contributed by atoms with Crippen molar-refractivity contribution in [1.82, 2.24) is 9.80 Å². The van der Waals surface area contributed by atoms with Gasteiger partial charge in [-0.05, 0) is 25.2 Å². The summed E-state index contributed by atoms with van der Waals surface area (Å²) >= 11 is 3.75. The molecule has 0 aromatic heterocycles. The summed E-state index contributed by atoms with van der Waals surface area (Å²) in [5, 5.41) is 1.07. The molecule has 5 heteroatoms. The second kappa shape index (κ2) is 9.67. The summed E-state index contributed by atoms with van der Waals surface area (Å²) in [5.41, 5.74) is 0.385. The lowest BCUT2D eigenvalue weighted by molar-refractivity contribution is 0.0627. The molecule has 0 saturated carbocycles. The van der Waals surface area contributed by atoms with Gasteiger partial charge in [-0.3, -0.25) is 4.90 Å². The molecule has 0 atom stereocenters. The number of ether oxygens (including phenoxy) is 1. The summed E-state index contributed by atoms with van der Waals surface area (Å²) in [6.07, 6.45) is 4.84. The molecular weight excluding hydrogens is 332 g/mol. The molecule has 1 rings (SSSR count). The molecule has 0 bridgehead atoms. The predicted molar refractivity (Wildman–Crippen MR) is 91.1 cm³/mol. The SMILES string of the molecule is CCCC(CBr)(CCC)CN1CCN(C(=O)OCC)CC1. The molecule has 0 aliphatic carbocycles. The fourth-order valence-electron chi connectivity index (χ4n) is 3.30. The van der Waals surface area contributed by atoms with E-state index >= 15 is 0 Å². The number of piperazine rings is 1. The van der Waals surface area contributed by atoms with Gasteiger partial charge in [-0.15, -0.1) is 0 Å². The zero-order valence-electron chi connectivity index (χ0n) is 13.9. The first-order valence-electron chi connectivity index (χ1n) is 8.30. The van der Waals surface area contributed by atoms with Gasteiger partial charge < -0.3 is 9.64 Å². The smallest absolute Gasteiger partial charge is 0.409 e. The van der Waals surface area contributed by atoms with Crippen LogP contribution >= 0.6 is 15.9 Å². The van der Waals surface area contributed by atoms with E-state index in [1.54, 1.807) is 0 Å². The molecule has 1 saturated heterocycles. The Morgan fingerprint density at radius 1 is 1.10 bits per heavy atom. The summed E-state index contributed by atoms with van der Waals surface area (Å²) in [4.78, 5) is 16.1. The van der Waals surface area contributed by atoms with Gasteiger partial charge in [-0.25, -0.2) is 4.79 Å². The number of hydrogen-bond acceptors (Lipinski definition) is 3. The van der Waals surface area contributed by atoms with Gasteiger partial charge in [-0.2, -0.15) is 0 Å². The van der Waals surface area contributed by atoms with Crippen LogP contribution in [-0.4, -0.2) is 60.6 Å². The van der Waals surface area contributed by atoms with Crippen LogP contribution in [0.5, 0.6) is 0 Å². The summed E-state index contributed by atoms with van der Waals surface area (Å²) in [6.45, 7) is 11.5. The highest BCUT2D eigenvalue weighted by atomic mass is 79.9. The quantitative estimate of drug-likeness (QED) is 0.616. The number of nitrogens with zero attached hydrogens (tertiary/aromatic N) is 2. The van der Waals surface area contributed by atoms with Gasteiger partial charge in [0, 0.05) is 38.1 Å². The first kappa shape index (κ1) is 18.8. The average Bonchev–Trinajstić information content (AvgIpc) is 2.48. The predicted octanol–water partition coefficient (Wildman–Crippen LogP) is 3.74. The Hall–Kier alpha value is -0.290. The number of halogens is 1. The number of carbonyl (C=O) groups excluding carboxylic acids is 1. The molecule has 21 heavy (non-hydrogen) atoms. The topological polar surface area (TPSA) is 32.8 Å². The molecule has 0 unspecified atom stereocenters. The number of rotatable bonds is 8. The van der Waals surface area contributed by atoms with Crippen molar-refractivity contribution in [2.24, 2.45) is 5.41 Å². The van der Waals surface area contributed by atoms with E-state index in [1.807, 2.05) is 11.8 Å². The van der Waals surface area contributed by atoms with Crippen molar-refractivity contribution in [2.45, 2.75) is 46.5 Å². The van der Waals surface area contributed by atoms with Gasteiger partial charge in [0.1, 0.15) is 0 Å². The Bertz CT molecular complexity index is 299. The van der Waals surface area contributed by atoms with E-state index in [2.05, 4.69) is 34.7 Å². The monoisotopic (exact) mass is 362 g/mol. The maximum Gasteiger partial charge on any atom is 0.409 e. The van der Waals surface area contributed by atoms with E-state index in [0.29, 0.717) is 12.0 Å². The molecule has 1 aliphatic rings. The number of hydrogen-bond donors (Lipinski definition) is 0. The molecule has 0 spiro atoms. The zero-order chi connectivity index (χ0) is 15.7. The van der Waals surface area contributed by atoms with Crippen LogP contribution in [0.1, 0.15) is 46.5 Å². The van der Waals surface area contributed by atoms with Gasteiger partial charge in [0.05, 0.1) is 6.61 Å². The van der Waals surface area contributed by atoms with E-state index in [4.69, 9.17) is 4.74 Å². The number of carbonyl (C=O) groups is 1. The minimum absolute atomic E-state index is 0.161. The highest BCUT2D eigenvalue weighted by molar-refractivity contribution is 9.09. The molecule has 1 fully saturated rings. The third-order valence-corrected chi connectivity index (χ3v) is 5.49. The zero-order valence-corrected chi connectivity index (χ0v) is 15.5. The van der Waals surface area contributed by atoms with Crippen LogP contribution in [0.25, 0.3) is 0 Å². The summed E-state index contributed by atoms with van der Waals surface area (Å²) in [6, 6.07) is 0. The molecule has 1 heterocycles. The second-order valence-corrected chi connectivity index (χ2v) is 6.66. The Balaban J connectivity index is 2.50. The maximum atomic E-state index is 11.7. The summed E-state index contributed by atoms with van der Waals surface area (Å²) < 4.78 is 5.08. The third-order valence-electron chi connectivity index (χ3n) is 4.30. The molecule has 0 N–H and O–H groups in total. The van der Waals surface area contributed by atoms with Crippen LogP contribution in [0.3, 0.4) is 0 Å². The van der Waals surface area contributed by atoms with E-state index in [-0.39, 0.29) is 6.09 Å². The van der Waals surface area contributed by atoms with Crippen molar-refractivity contribution < 1.29 is 9.53 Å². The Labute approximate surface area is 138 Å². The Kier molecular flexibility index (Phi) is 8.64. The molecule has 0 aromatic carbocycles. The molecule has 1 aliphatic heterocycles. The van der Waals surface area contributed by atoms with E-state index in [0.717, 1.165) is 38.1 Å². The van der Waals surface area contributed by atoms with Gasteiger partial charge in [-0.1, -0.05) is 42.6 Å². The Morgan fingerprint density at radius 2 is 1.67 bits per heavy atom. The minimum Gasteiger partial charge on any atom is -0.450 e. The van der Waals surface area contributed by atoms with Gasteiger partial charge >= 0.3 is 6.09 Å². The fraction of sp³-hybridized carbons (Fsp3) is 0.938. The third kappa shape index (κ3) is 5.78. The Morgan fingerprint density at radius 3 is 2.10 bits per heavy atom. The maximum absolute atomic E-state index is 11.7. The molecular formula is C16H31BrN2O2. The fourth-order valence-corrected chi connectivity index (χ4v) is 4.04. The lowest BCUT2D eigenvalue weighted by atomic mass is 9.80. The number of amides is 1. The van der Waals surface area contributed by atoms with Crippen molar-refractivity contribution in [3.05, 3.63) is 0 Å². The largest absolute Gasteiger partial charge is 0.450 e. The normalized spacial score (nSPS) is 17.0. The minimum atomic E-state index is -0.161. The van der Waals surface area contributed by atoms with Crippen LogP contribution in [0.2, 0.25) is 0 Å². The van der Waals surface area contributed by atoms with Crippen molar-refractivity contribution in [3.8, 4) is 0 Å². The van der Waals surface area contributed by atoms with Crippen LogP contribution in [0.4, 0.5) is 4.79 Å². The lowest BCUT2D eigenvalue weighted by Gasteiger charge is -2.41. The van der Waals surface area contributed by atoms with Crippen molar-refractivity contribution in [3.63, 3.8) is 0 Å². The van der Waals surface area contributed by atoms with Gasteiger partial charge in [0.2, 0.25) is 0 Å². The average molecular weight is 363 g/mol. The summed E-state index contributed by atoms with van der Waals surface area (Å²) in [7, 11) is 0. The summed E-state index contributed by atoms with van der Waals surface area (Å²) in [5.74, 6) is 0. The second-order valence-electron chi connectivity index (χ2n) is 6.10. The lowest BCUT2D eigenvalue weighted by Crippen LogP contribution is -2.52. The molecule has 4 nitrogen and oxygen atoms in total. The van der Waals surface area contributed by atoms with Crippen LogP contribution in [0.15, 0.2) is 0 Å². The molecule has 124 valence electrons. The van der Waals surface area contributed by atoms with Crippen molar-refractivity contribution in [2.75, 3.05) is 44.7 Å². The molecule has 0 aromatic rings. The van der Waals surface area contributed by atoms with Gasteiger partial charge in [0.15, 0.2) is 0 Å². The van der Waals surface area contributed by atoms with Crippen LogP contribution < -0.4 is 0 Å².